The van der Waals surface area contributed by atoms with Gasteiger partial charge < -0.3 is 10.2 Å². The van der Waals surface area contributed by atoms with Crippen molar-refractivity contribution >= 4 is 35.0 Å². The molecule has 0 radical (unpaired) electrons. The van der Waals surface area contributed by atoms with Gasteiger partial charge >= 0.3 is 0 Å². The summed E-state index contributed by atoms with van der Waals surface area (Å²) in [5.41, 5.74) is 1.39. The Hall–Kier alpha value is -1.82. The van der Waals surface area contributed by atoms with Crippen LogP contribution in [0.3, 0.4) is 0 Å². The molecule has 1 aromatic carbocycles. The van der Waals surface area contributed by atoms with Gasteiger partial charge in [0.1, 0.15) is 12.2 Å². The van der Waals surface area contributed by atoms with Gasteiger partial charge in [-0.1, -0.05) is 41.4 Å². The van der Waals surface area contributed by atoms with E-state index in [1.165, 1.54) is 4.90 Å². The SMILES string of the molecule is CN1CC(=O)N2C(=CC3C4CCC=CC4NC3C2c2ccc(Cl)c(Cl)c2)C1=O. The minimum absolute atomic E-state index is 0.0268. The lowest BCUT2D eigenvalue weighted by Gasteiger charge is -2.46. The van der Waals surface area contributed by atoms with Crippen molar-refractivity contribution in [2.45, 2.75) is 31.0 Å². The lowest BCUT2D eigenvalue weighted by molar-refractivity contribution is -0.147. The summed E-state index contributed by atoms with van der Waals surface area (Å²) in [6.07, 6.45) is 8.59. The third-order valence-corrected chi connectivity index (χ3v) is 7.22. The first-order valence-corrected chi connectivity index (χ1v) is 10.4. The molecule has 28 heavy (non-hydrogen) atoms. The number of hydrogen-bond donors (Lipinski definition) is 1. The maximum absolute atomic E-state index is 13.0. The predicted octanol–water partition coefficient (Wildman–Crippen LogP) is 3.16. The number of likely N-dealkylation sites (N-methyl/N-ethyl adjacent to an activating group) is 1. The van der Waals surface area contributed by atoms with Gasteiger partial charge in [0.2, 0.25) is 5.91 Å². The van der Waals surface area contributed by atoms with Crippen molar-refractivity contribution < 1.29 is 9.59 Å². The first-order valence-electron chi connectivity index (χ1n) is 9.62. The lowest BCUT2D eigenvalue weighted by Crippen LogP contribution is -2.58. The number of fused-ring (bicyclic) bond motifs is 4. The second-order valence-corrected chi connectivity index (χ2v) is 8.87. The van der Waals surface area contributed by atoms with Gasteiger partial charge in [0.05, 0.1) is 16.1 Å². The maximum atomic E-state index is 13.0. The summed E-state index contributed by atoms with van der Waals surface area (Å²) < 4.78 is 0. The summed E-state index contributed by atoms with van der Waals surface area (Å²) >= 11 is 12.4. The number of carbonyl (C=O) groups is 2. The van der Waals surface area contributed by atoms with Crippen LogP contribution in [0, 0.1) is 11.8 Å². The van der Waals surface area contributed by atoms with E-state index in [1.807, 2.05) is 18.2 Å². The molecule has 7 heteroatoms. The number of amides is 2. The zero-order chi connectivity index (χ0) is 19.6. The van der Waals surface area contributed by atoms with E-state index in [2.05, 4.69) is 17.5 Å². The number of nitrogens with zero attached hydrogens (tertiary/aromatic N) is 2. The van der Waals surface area contributed by atoms with Crippen molar-refractivity contribution in [3.8, 4) is 0 Å². The molecule has 3 heterocycles. The van der Waals surface area contributed by atoms with E-state index in [-0.39, 0.29) is 42.4 Å². The Morgan fingerprint density at radius 3 is 2.79 bits per heavy atom. The number of halogens is 2. The van der Waals surface area contributed by atoms with Gasteiger partial charge in [-0.05, 0) is 42.5 Å². The maximum Gasteiger partial charge on any atom is 0.270 e. The number of hydrogen-bond acceptors (Lipinski definition) is 3. The van der Waals surface area contributed by atoms with E-state index in [9.17, 15) is 9.59 Å². The molecule has 0 saturated carbocycles. The minimum Gasteiger partial charge on any atom is -0.331 e. The molecule has 2 saturated heterocycles. The van der Waals surface area contributed by atoms with Gasteiger partial charge in [-0.2, -0.15) is 0 Å². The first-order chi connectivity index (χ1) is 13.5. The fourth-order valence-corrected chi connectivity index (χ4v) is 5.54. The molecule has 5 rings (SSSR count). The molecule has 146 valence electrons. The van der Waals surface area contributed by atoms with Gasteiger partial charge in [0, 0.05) is 25.0 Å². The van der Waals surface area contributed by atoms with Crippen LogP contribution in [0.4, 0.5) is 0 Å². The normalized spacial score (nSPS) is 34.1. The molecular weight excluding hydrogens is 397 g/mol. The van der Waals surface area contributed by atoms with Crippen LogP contribution in [0.1, 0.15) is 24.4 Å². The molecule has 0 bridgehead atoms. The van der Waals surface area contributed by atoms with E-state index < -0.39 is 0 Å². The van der Waals surface area contributed by atoms with E-state index in [4.69, 9.17) is 23.2 Å². The van der Waals surface area contributed by atoms with Crippen LogP contribution in [0.25, 0.3) is 0 Å². The van der Waals surface area contributed by atoms with Gasteiger partial charge in [0.15, 0.2) is 0 Å². The van der Waals surface area contributed by atoms with Crippen LogP contribution in [-0.4, -0.2) is 47.3 Å². The number of carbonyl (C=O) groups excluding carboxylic acids is 2. The highest BCUT2D eigenvalue weighted by molar-refractivity contribution is 6.42. The Bertz CT molecular complexity index is 928. The number of piperazine rings is 1. The molecule has 5 atom stereocenters. The summed E-state index contributed by atoms with van der Waals surface area (Å²) in [4.78, 5) is 29.1. The van der Waals surface area contributed by atoms with Crippen LogP contribution in [0.5, 0.6) is 0 Å². The van der Waals surface area contributed by atoms with Crippen LogP contribution in [0.2, 0.25) is 10.0 Å². The van der Waals surface area contributed by atoms with Crippen LogP contribution >= 0.6 is 23.2 Å². The zero-order valence-electron chi connectivity index (χ0n) is 15.4. The fraction of sp³-hybridized carbons (Fsp3) is 0.429. The molecular formula is C21H21Cl2N3O2. The summed E-state index contributed by atoms with van der Waals surface area (Å²) in [6, 6.07) is 5.49. The van der Waals surface area contributed by atoms with Gasteiger partial charge in [-0.3, -0.25) is 14.5 Å². The van der Waals surface area contributed by atoms with Crippen molar-refractivity contribution in [3.63, 3.8) is 0 Å². The summed E-state index contributed by atoms with van der Waals surface area (Å²) in [5, 5.41) is 4.66. The van der Waals surface area contributed by atoms with Crippen LogP contribution in [-0.2, 0) is 9.59 Å². The van der Waals surface area contributed by atoms with E-state index in [0.717, 1.165) is 18.4 Å². The first kappa shape index (κ1) is 18.2. The van der Waals surface area contributed by atoms with Gasteiger partial charge in [0.25, 0.3) is 5.91 Å². The molecule has 4 aliphatic rings. The summed E-state index contributed by atoms with van der Waals surface area (Å²) in [6.45, 7) is 0.0815. The van der Waals surface area contributed by atoms with Crippen molar-refractivity contribution in [1.29, 1.82) is 0 Å². The predicted molar refractivity (Wildman–Crippen MR) is 108 cm³/mol. The molecule has 0 aromatic heterocycles. The van der Waals surface area contributed by atoms with Crippen LogP contribution < -0.4 is 5.32 Å². The minimum atomic E-state index is -0.288. The largest absolute Gasteiger partial charge is 0.331 e. The van der Waals surface area contributed by atoms with Gasteiger partial charge in [-0.25, -0.2) is 0 Å². The number of nitrogens with one attached hydrogen (secondary N) is 1. The Labute approximate surface area is 174 Å². The average molecular weight is 418 g/mol. The smallest absolute Gasteiger partial charge is 0.270 e. The fourth-order valence-electron chi connectivity index (χ4n) is 5.23. The summed E-state index contributed by atoms with van der Waals surface area (Å²) in [7, 11) is 1.68. The molecule has 2 amide bonds. The Kier molecular flexibility index (Phi) is 4.30. The average Bonchev–Trinajstić information content (AvgIpc) is 3.05. The Morgan fingerprint density at radius 1 is 1.18 bits per heavy atom. The van der Waals surface area contributed by atoms with E-state index >= 15 is 0 Å². The van der Waals surface area contributed by atoms with Crippen LogP contribution in [0.15, 0.2) is 42.1 Å². The highest BCUT2D eigenvalue weighted by Crippen LogP contribution is 2.48. The summed E-state index contributed by atoms with van der Waals surface area (Å²) in [5.74, 6) is 0.432. The number of benzene rings is 1. The van der Waals surface area contributed by atoms with Crippen molar-refractivity contribution in [2.24, 2.45) is 11.8 Å². The van der Waals surface area contributed by atoms with Crippen molar-refractivity contribution in [3.05, 3.63) is 57.7 Å². The van der Waals surface area contributed by atoms with Gasteiger partial charge in [-0.15, -0.1) is 0 Å². The molecule has 2 fully saturated rings. The molecule has 5 nitrogen and oxygen atoms in total. The quantitative estimate of drug-likeness (QED) is 0.713. The van der Waals surface area contributed by atoms with Crippen molar-refractivity contribution in [2.75, 3.05) is 13.6 Å². The third kappa shape index (κ3) is 2.64. The van der Waals surface area contributed by atoms with E-state index in [1.54, 1.807) is 18.0 Å². The number of allylic oxidation sites excluding steroid dienone is 1. The highest BCUT2D eigenvalue weighted by Gasteiger charge is 2.53. The second-order valence-electron chi connectivity index (χ2n) is 8.06. The molecule has 0 spiro atoms. The van der Waals surface area contributed by atoms with Crippen molar-refractivity contribution in [1.82, 2.24) is 15.1 Å². The molecule has 1 N–H and O–H groups in total. The zero-order valence-corrected chi connectivity index (χ0v) is 17.0. The number of rotatable bonds is 1. The monoisotopic (exact) mass is 417 g/mol. The molecule has 3 aliphatic heterocycles. The topological polar surface area (TPSA) is 52.7 Å². The Morgan fingerprint density at radius 2 is 2.00 bits per heavy atom. The standard InChI is InChI=1S/C21H21Cl2N3O2/c1-25-10-18(27)26-17(21(25)28)9-13-12-4-2-3-5-16(12)24-19(13)20(26)11-6-7-14(22)15(23)8-11/h3,5-9,12-13,16,19-20,24H,2,4,10H2,1H3. The molecule has 1 aromatic rings. The third-order valence-electron chi connectivity index (χ3n) is 6.49. The Balaban J connectivity index is 1.66. The molecule has 5 unspecified atom stereocenters. The lowest BCUT2D eigenvalue weighted by atomic mass is 9.75. The second kappa shape index (κ2) is 6.61. The van der Waals surface area contributed by atoms with E-state index in [0.29, 0.717) is 21.7 Å². The highest BCUT2D eigenvalue weighted by atomic mass is 35.5. The molecule has 1 aliphatic carbocycles.